The van der Waals surface area contributed by atoms with Crippen molar-refractivity contribution in [1.29, 1.82) is 0 Å². The summed E-state index contributed by atoms with van der Waals surface area (Å²) in [5.74, 6) is -0.336. The van der Waals surface area contributed by atoms with Crippen molar-refractivity contribution in [2.75, 3.05) is 6.61 Å². The van der Waals surface area contributed by atoms with Crippen molar-refractivity contribution >= 4 is 17.5 Å². The number of carbonyl (C=O) groups excluding carboxylic acids is 3. The van der Waals surface area contributed by atoms with Gasteiger partial charge >= 0.3 is 5.97 Å². The Labute approximate surface area is 94.9 Å². The number of carbonyl (C=O) groups is 3. The third kappa shape index (κ3) is 30.2. The van der Waals surface area contributed by atoms with Crippen molar-refractivity contribution in [2.24, 2.45) is 0 Å². The minimum atomic E-state index is -0.211. The molecule has 0 atom stereocenters. The van der Waals surface area contributed by atoms with Gasteiger partial charge in [-0.1, -0.05) is 0 Å². The summed E-state index contributed by atoms with van der Waals surface area (Å²) in [5.41, 5.74) is 0. The SMILES string of the molecule is CC(=O)CC(C)=O.CCOC(C)=O.[Cu]. The van der Waals surface area contributed by atoms with Crippen LogP contribution in [0.4, 0.5) is 0 Å². The summed E-state index contributed by atoms with van der Waals surface area (Å²) < 4.78 is 4.40. The molecule has 0 saturated carbocycles. The molecule has 0 aliphatic carbocycles. The Kier molecular flexibility index (Phi) is 16.7. The van der Waals surface area contributed by atoms with E-state index in [0.717, 1.165) is 0 Å². The largest absolute Gasteiger partial charge is 0.466 e. The summed E-state index contributed by atoms with van der Waals surface area (Å²) in [4.78, 5) is 29.9. The molecule has 0 N–H and O–H groups in total. The molecule has 0 amide bonds. The van der Waals surface area contributed by atoms with Gasteiger partial charge in [0.15, 0.2) is 0 Å². The Balaban J connectivity index is -0.000000163. The van der Waals surface area contributed by atoms with Crippen LogP contribution in [0.2, 0.25) is 0 Å². The van der Waals surface area contributed by atoms with Gasteiger partial charge in [0.25, 0.3) is 0 Å². The van der Waals surface area contributed by atoms with Crippen LogP contribution in [0.25, 0.3) is 0 Å². The predicted octanol–water partition coefficient (Wildman–Crippen LogP) is 1.12. The second-order valence-corrected chi connectivity index (χ2v) is 2.51. The summed E-state index contributed by atoms with van der Waals surface area (Å²) in [6, 6.07) is 0. The molecule has 0 rings (SSSR count). The standard InChI is InChI=1S/C5H8O2.C4H8O2.Cu/c1-4(6)3-5(2)7;1-3-6-4(2)5;/h3H2,1-2H3;3H2,1-2H3;. The first-order chi connectivity index (χ1) is 5.90. The van der Waals surface area contributed by atoms with E-state index in [9.17, 15) is 14.4 Å². The number of hydrogen-bond donors (Lipinski definition) is 0. The van der Waals surface area contributed by atoms with Crippen molar-refractivity contribution in [2.45, 2.75) is 34.1 Å². The fourth-order valence-electron chi connectivity index (χ4n) is 0.554. The van der Waals surface area contributed by atoms with Crippen LogP contribution in [0.15, 0.2) is 0 Å². The number of hydrogen-bond acceptors (Lipinski definition) is 4. The smallest absolute Gasteiger partial charge is 0.302 e. The van der Waals surface area contributed by atoms with Crippen LogP contribution in [0.1, 0.15) is 34.1 Å². The van der Waals surface area contributed by atoms with Gasteiger partial charge in [-0.05, 0) is 20.8 Å². The molecule has 14 heavy (non-hydrogen) atoms. The Morgan fingerprint density at radius 2 is 1.36 bits per heavy atom. The van der Waals surface area contributed by atoms with E-state index in [2.05, 4.69) is 4.74 Å². The van der Waals surface area contributed by atoms with E-state index in [4.69, 9.17) is 0 Å². The number of esters is 1. The van der Waals surface area contributed by atoms with E-state index < -0.39 is 0 Å². The van der Waals surface area contributed by atoms with Gasteiger partial charge in [-0.15, -0.1) is 0 Å². The maximum Gasteiger partial charge on any atom is 0.302 e. The first-order valence-electron chi connectivity index (χ1n) is 4.02. The molecule has 0 spiro atoms. The van der Waals surface area contributed by atoms with Crippen molar-refractivity contribution in [3.05, 3.63) is 0 Å². The van der Waals surface area contributed by atoms with E-state index in [0.29, 0.717) is 6.61 Å². The average Bonchev–Trinajstić information content (AvgIpc) is 1.83. The zero-order valence-corrected chi connectivity index (χ0v) is 9.79. The van der Waals surface area contributed by atoms with Crippen LogP contribution in [0.3, 0.4) is 0 Å². The van der Waals surface area contributed by atoms with E-state index >= 15 is 0 Å². The number of ketones is 2. The molecule has 5 heteroatoms. The van der Waals surface area contributed by atoms with E-state index in [-0.39, 0.29) is 41.0 Å². The molecule has 0 aromatic heterocycles. The number of rotatable bonds is 3. The molecule has 0 aliphatic heterocycles. The summed E-state index contributed by atoms with van der Waals surface area (Å²) in [7, 11) is 0. The second-order valence-electron chi connectivity index (χ2n) is 2.51. The molecule has 0 unspecified atom stereocenters. The van der Waals surface area contributed by atoms with Gasteiger partial charge in [-0.25, -0.2) is 0 Å². The molecule has 0 bridgehead atoms. The van der Waals surface area contributed by atoms with Crippen LogP contribution >= 0.6 is 0 Å². The van der Waals surface area contributed by atoms with Crippen LogP contribution in [-0.2, 0) is 36.2 Å². The third-order valence-electron chi connectivity index (χ3n) is 0.845. The molecule has 0 aromatic carbocycles. The maximum atomic E-state index is 10.0. The van der Waals surface area contributed by atoms with Crippen molar-refractivity contribution in [3.63, 3.8) is 0 Å². The van der Waals surface area contributed by atoms with Gasteiger partial charge in [0.2, 0.25) is 0 Å². The monoisotopic (exact) mass is 251 g/mol. The first kappa shape index (κ1) is 19.0. The zero-order valence-electron chi connectivity index (χ0n) is 8.85. The van der Waals surface area contributed by atoms with Crippen LogP contribution in [0.5, 0.6) is 0 Å². The van der Waals surface area contributed by atoms with Crippen LogP contribution < -0.4 is 0 Å². The van der Waals surface area contributed by atoms with Gasteiger partial charge in [0, 0.05) is 24.0 Å². The average molecular weight is 252 g/mol. The van der Waals surface area contributed by atoms with Crippen LogP contribution in [-0.4, -0.2) is 24.1 Å². The summed E-state index contributed by atoms with van der Waals surface area (Å²) in [5, 5.41) is 0. The van der Waals surface area contributed by atoms with E-state index in [1.165, 1.54) is 20.8 Å². The summed E-state index contributed by atoms with van der Waals surface area (Å²) in [6.45, 7) is 6.46. The molecular weight excluding hydrogens is 236 g/mol. The van der Waals surface area contributed by atoms with Gasteiger partial charge in [0.1, 0.15) is 11.6 Å². The maximum absolute atomic E-state index is 10.0. The molecule has 0 heterocycles. The van der Waals surface area contributed by atoms with Gasteiger partial charge < -0.3 is 4.74 Å². The van der Waals surface area contributed by atoms with E-state index in [1.54, 1.807) is 6.92 Å². The quantitative estimate of drug-likeness (QED) is 0.429. The van der Waals surface area contributed by atoms with E-state index in [1.807, 2.05) is 0 Å². The molecule has 0 fully saturated rings. The Morgan fingerprint density at radius 1 is 1.00 bits per heavy atom. The molecular formula is C9H16CuO4. The fraction of sp³-hybridized carbons (Fsp3) is 0.667. The molecule has 0 aliphatic rings. The van der Waals surface area contributed by atoms with Crippen molar-refractivity contribution < 1.29 is 36.2 Å². The predicted molar refractivity (Wildman–Crippen MR) is 48.3 cm³/mol. The molecule has 87 valence electrons. The van der Waals surface area contributed by atoms with Crippen LogP contribution in [0, 0.1) is 0 Å². The minimum Gasteiger partial charge on any atom is -0.466 e. The summed E-state index contributed by atoms with van der Waals surface area (Å²) >= 11 is 0. The molecule has 1 radical (unpaired) electrons. The normalized spacial score (nSPS) is 7.43. The van der Waals surface area contributed by atoms with Gasteiger partial charge in [-0.2, -0.15) is 0 Å². The fourth-order valence-corrected chi connectivity index (χ4v) is 0.554. The zero-order chi connectivity index (χ0) is 10.9. The number of Topliss-reactive ketones (excluding diaryl/α,β-unsaturated/α-hetero) is 2. The Morgan fingerprint density at radius 3 is 1.36 bits per heavy atom. The first-order valence-corrected chi connectivity index (χ1v) is 4.02. The van der Waals surface area contributed by atoms with Crippen molar-refractivity contribution in [3.8, 4) is 0 Å². The minimum absolute atomic E-state index is 0. The topological polar surface area (TPSA) is 60.4 Å². The van der Waals surface area contributed by atoms with Gasteiger partial charge in [-0.3, -0.25) is 14.4 Å². The Bertz CT molecular complexity index is 177. The third-order valence-corrected chi connectivity index (χ3v) is 0.845. The summed E-state index contributed by atoms with van der Waals surface area (Å²) in [6.07, 6.45) is 0.0833. The molecule has 4 nitrogen and oxygen atoms in total. The molecule has 0 aromatic rings. The number of ether oxygens (including phenoxy) is 1. The Hall–Kier alpha value is -0.671. The van der Waals surface area contributed by atoms with Crippen molar-refractivity contribution in [1.82, 2.24) is 0 Å². The molecule has 0 saturated heterocycles. The second kappa shape index (κ2) is 12.3. The van der Waals surface area contributed by atoms with Gasteiger partial charge in [0.05, 0.1) is 13.0 Å².